The molecule has 0 aromatic rings. The number of amides is 1. The number of carbonyl (C=O) groups is 1. The maximum Gasteiger partial charge on any atom is 0.284 e. The third-order valence-electron chi connectivity index (χ3n) is 1.70. The van der Waals surface area contributed by atoms with Crippen molar-refractivity contribution in [3.63, 3.8) is 0 Å². The Labute approximate surface area is 99.2 Å². The fraction of sp³-hybridized carbons (Fsp3) is 0.778. The molecule has 86 valence electrons. The van der Waals surface area contributed by atoms with Crippen LogP contribution >= 0.6 is 23.5 Å². The van der Waals surface area contributed by atoms with Gasteiger partial charge in [-0.2, -0.15) is 5.10 Å². The Hall–Kier alpha value is -0.360. The summed E-state index contributed by atoms with van der Waals surface area (Å²) >= 11 is 2.88. The van der Waals surface area contributed by atoms with Crippen molar-refractivity contribution in [2.75, 3.05) is 14.1 Å². The summed E-state index contributed by atoms with van der Waals surface area (Å²) in [6.45, 7) is 6.34. The molecule has 0 aliphatic carbocycles. The van der Waals surface area contributed by atoms with Crippen LogP contribution in [0.3, 0.4) is 0 Å². The summed E-state index contributed by atoms with van der Waals surface area (Å²) in [5, 5.41) is 5.33. The van der Waals surface area contributed by atoms with E-state index in [1.165, 1.54) is 11.8 Å². The van der Waals surface area contributed by atoms with Gasteiger partial charge in [0.05, 0.1) is 0 Å². The molecule has 0 radical (unpaired) electrons. The minimum absolute atomic E-state index is 0.00845. The van der Waals surface area contributed by atoms with Gasteiger partial charge in [0.15, 0.2) is 0 Å². The zero-order valence-corrected chi connectivity index (χ0v) is 11.3. The summed E-state index contributed by atoms with van der Waals surface area (Å²) in [6.07, 6.45) is 0. The van der Waals surface area contributed by atoms with E-state index in [0.717, 1.165) is 5.04 Å². The summed E-state index contributed by atoms with van der Waals surface area (Å²) in [5.41, 5.74) is 3.02. The van der Waals surface area contributed by atoms with Crippen LogP contribution in [0, 0.1) is 5.41 Å². The molecule has 1 aliphatic heterocycles. The molecule has 1 N–H and O–H groups in total. The van der Waals surface area contributed by atoms with E-state index in [-0.39, 0.29) is 15.4 Å². The van der Waals surface area contributed by atoms with Gasteiger partial charge in [-0.3, -0.25) is 10.2 Å². The lowest BCUT2D eigenvalue weighted by Gasteiger charge is -2.17. The molecule has 0 fully saturated rings. The third kappa shape index (κ3) is 3.61. The average Bonchev–Trinajstić information content (AvgIpc) is 2.51. The zero-order valence-electron chi connectivity index (χ0n) is 9.70. The first-order valence-corrected chi connectivity index (χ1v) is 6.45. The van der Waals surface area contributed by atoms with Crippen LogP contribution in [0.1, 0.15) is 20.8 Å². The third-order valence-corrected chi connectivity index (χ3v) is 4.41. The number of nitrogens with one attached hydrogen (secondary N) is 1. The summed E-state index contributed by atoms with van der Waals surface area (Å²) in [5.74, 6) is 0. The van der Waals surface area contributed by atoms with Crippen molar-refractivity contribution < 1.29 is 4.79 Å². The van der Waals surface area contributed by atoms with Gasteiger partial charge in [-0.1, -0.05) is 32.5 Å². The summed E-state index contributed by atoms with van der Waals surface area (Å²) in [6, 6.07) is 0. The smallest absolute Gasteiger partial charge is 0.284 e. The van der Waals surface area contributed by atoms with Crippen LogP contribution in [-0.2, 0) is 0 Å². The van der Waals surface area contributed by atoms with Crippen LogP contribution in [0.4, 0.5) is 4.79 Å². The maximum atomic E-state index is 11.4. The quantitative estimate of drug-likeness (QED) is 0.772. The molecule has 15 heavy (non-hydrogen) atoms. The second-order valence-electron chi connectivity index (χ2n) is 4.52. The Morgan fingerprint density at radius 3 is 2.53 bits per heavy atom. The first-order valence-electron chi connectivity index (χ1n) is 4.69. The molecule has 1 unspecified atom stereocenters. The number of nitrogens with zero attached hydrogens (tertiary/aromatic N) is 2. The van der Waals surface area contributed by atoms with Crippen molar-refractivity contribution >= 4 is 33.8 Å². The summed E-state index contributed by atoms with van der Waals surface area (Å²) in [7, 11) is 3.50. The van der Waals surface area contributed by atoms with Crippen LogP contribution in [0.25, 0.3) is 0 Å². The molecule has 1 rings (SSSR count). The van der Waals surface area contributed by atoms with Crippen molar-refractivity contribution in [1.29, 1.82) is 0 Å². The van der Waals surface area contributed by atoms with Crippen molar-refractivity contribution in [3.05, 3.63) is 0 Å². The predicted molar refractivity (Wildman–Crippen MR) is 68.1 cm³/mol. The van der Waals surface area contributed by atoms with Crippen molar-refractivity contribution in [3.8, 4) is 0 Å². The van der Waals surface area contributed by atoms with Gasteiger partial charge >= 0.3 is 0 Å². The molecule has 1 aliphatic rings. The second kappa shape index (κ2) is 4.65. The van der Waals surface area contributed by atoms with Gasteiger partial charge in [0.25, 0.3) is 5.24 Å². The van der Waals surface area contributed by atoms with Crippen molar-refractivity contribution in [2.45, 2.75) is 25.5 Å². The topological polar surface area (TPSA) is 44.7 Å². The molecule has 1 heterocycles. The summed E-state index contributed by atoms with van der Waals surface area (Å²) < 4.78 is 0.00845. The molecule has 0 saturated carbocycles. The predicted octanol–water partition coefficient (Wildman–Crippen LogP) is 2.38. The molecular formula is C9H17N3OS2. The average molecular weight is 247 g/mol. The lowest BCUT2D eigenvalue weighted by molar-refractivity contribution is 0.241. The van der Waals surface area contributed by atoms with Gasteiger partial charge in [-0.15, -0.1) is 0 Å². The van der Waals surface area contributed by atoms with Gasteiger partial charge in [-0.25, -0.2) is 0 Å². The number of hydrogen-bond acceptors (Lipinski definition) is 5. The number of rotatable bonds is 1. The molecule has 6 heteroatoms. The number of hydrogen-bond donors (Lipinski definition) is 1. The van der Waals surface area contributed by atoms with Crippen LogP contribution in [0.15, 0.2) is 5.10 Å². The molecule has 0 saturated heterocycles. The van der Waals surface area contributed by atoms with Gasteiger partial charge < -0.3 is 4.90 Å². The second-order valence-corrected chi connectivity index (χ2v) is 6.97. The van der Waals surface area contributed by atoms with Gasteiger partial charge in [-0.05, 0) is 11.8 Å². The van der Waals surface area contributed by atoms with Crippen LogP contribution in [0.2, 0.25) is 0 Å². The van der Waals surface area contributed by atoms with Crippen LogP contribution in [0.5, 0.6) is 0 Å². The highest BCUT2D eigenvalue weighted by Gasteiger charge is 2.30. The Morgan fingerprint density at radius 1 is 1.53 bits per heavy atom. The van der Waals surface area contributed by atoms with E-state index >= 15 is 0 Å². The minimum atomic E-state index is 0.00845. The van der Waals surface area contributed by atoms with E-state index < -0.39 is 0 Å². The highest BCUT2D eigenvalue weighted by molar-refractivity contribution is 8.30. The first kappa shape index (κ1) is 12.7. The molecular weight excluding hydrogens is 230 g/mol. The van der Waals surface area contributed by atoms with Gasteiger partial charge in [0, 0.05) is 19.5 Å². The van der Waals surface area contributed by atoms with E-state index in [4.69, 9.17) is 0 Å². The first-order chi connectivity index (χ1) is 6.80. The zero-order chi connectivity index (χ0) is 11.6. The number of carbonyl (C=O) groups excluding carboxylic acids is 1. The number of hydrazone groups is 1. The summed E-state index contributed by atoms with van der Waals surface area (Å²) in [4.78, 5) is 13.0. The normalized spacial score (nSPS) is 20.9. The largest absolute Gasteiger partial charge is 0.340 e. The highest BCUT2D eigenvalue weighted by Crippen LogP contribution is 2.35. The lowest BCUT2D eigenvalue weighted by Crippen LogP contribution is -2.22. The standard InChI is InChI=1S/C9H17N3OS2/c1-9(2,3)6-10-11-7(14-6)15-8(13)12(4)5/h7,11H,1-5H3. The fourth-order valence-electron chi connectivity index (χ4n) is 0.857. The van der Waals surface area contributed by atoms with E-state index in [1.807, 2.05) is 0 Å². The van der Waals surface area contributed by atoms with Crippen molar-refractivity contribution in [1.82, 2.24) is 10.3 Å². The molecule has 0 aromatic heterocycles. The van der Waals surface area contributed by atoms with E-state index in [1.54, 1.807) is 30.8 Å². The SMILES string of the molecule is CN(C)C(=O)SC1NN=C(C(C)(C)C)S1. The monoisotopic (exact) mass is 247 g/mol. The van der Waals surface area contributed by atoms with Gasteiger partial charge in [0.2, 0.25) is 0 Å². The minimum Gasteiger partial charge on any atom is -0.340 e. The Bertz CT molecular complexity index is 284. The van der Waals surface area contributed by atoms with Gasteiger partial charge in [0.1, 0.15) is 9.75 Å². The molecule has 4 nitrogen and oxygen atoms in total. The molecule has 0 aromatic carbocycles. The highest BCUT2D eigenvalue weighted by atomic mass is 32.2. The fourth-order valence-corrected chi connectivity index (χ4v) is 2.84. The van der Waals surface area contributed by atoms with E-state index in [0.29, 0.717) is 0 Å². The Balaban J connectivity index is 2.45. The molecule has 0 bridgehead atoms. The lowest BCUT2D eigenvalue weighted by atomic mass is 9.99. The van der Waals surface area contributed by atoms with Crippen LogP contribution in [-0.4, -0.2) is 34.0 Å². The number of thioether (sulfide) groups is 2. The molecule has 1 atom stereocenters. The van der Waals surface area contributed by atoms with Crippen molar-refractivity contribution in [2.24, 2.45) is 10.5 Å². The van der Waals surface area contributed by atoms with E-state index in [2.05, 4.69) is 31.3 Å². The molecule has 0 spiro atoms. The maximum absolute atomic E-state index is 11.4. The molecule has 1 amide bonds. The van der Waals surface area contributed by atoms with E-state index in [9.17, 15) is 4.79 Å². The Kier molecular flexibility index (Phi) is 3.94. The Morgan fingerprint density at radius 2 is 2.13 bits per heavy atom. The van der Waals surface area contributed by atoms with Crippen LogP contribution < -0.4 is 5.43 Å².